The first-order chi connectivity index (χ1) is 14.5. The van der Waals surface area contributed by atoms with Crippen molar-refractivity contribution in [1.29, 1.82) is 0 Å². The number of halogens is 1. The molecule has 0 spiro atoms. The lowest BCUT2D eigenvalue weighted by molar-refractivity contribution is -0.136. The Labute approximate surface area is 183 Å². The molecule has 3 rings (SSSR count). The lowest BCUT2D eigenvalue weighted by atomic mass is 10.1. The van der Waals surface area contributed by atoms with Gasteiger partial charge >= 0.3 is 5.97 Å². The molecule has 0 aliphatic carbocycles. The van der Waals surface area contributed by atoms with Crippen LogP contribution < -0.4 is 4.74 Å². The number of ether oxygens (including phenoxy) is 2. The molecule has 0 aliphatic rings. The molecule has 0 bridgehead atoms. The van der Waals surface area contributed by atoms with Crippen molar-refractivity contribution >= 4 is 33.5 Å². The van der Waals surface area contributed by atoms with Crippen molar-refractivity contribution in [2.75, 3.05) is 13.2 Å². The second kappa shape index (κ2) is 10.1. The van der Waals surface area contributed by atoms with E-state index in [0.29, 0.717) is 40.3 Å². The second-order valence-electron chi connectivity index (χ2n) is 6.43. The maximum Gasteiger partial charge on any atom is 0.341 e. The molecule has 156 valence electrons. The van der Waals surface area contributed by atoms with E-state index in [2.05, 4.69) is 20.9 Å². The predicted octanol–water partition coefficient (Wildman–Crippen LogP) is 4.90. The third-order valence-electron chi connectivity index (χ3n) is 4.31. The summed E-state index contributed by atoms with van der Waals surface area (Å²) in [6, 6.07) is 13.3. The third-order valence-corrected chi connectivity index (χ3v) is 4.91. The molecular formula is C23H23BrN2O4. The molecular weight excluding hydrogens is 448 g/mol. The molecule has 0 radical (unpaired) electrons. The van der Waals surface area contributed by atoms with Crippen molar-refractivity contribution < 1.29 is 19.4 Å². The first kappa shape index (κ1) is 21.6. The van der Waals surface area contributed by atoms with Crippen LogP contribution in [0.1, 0.15) is 30.8 Å². The molecule has 0 saturated carbocycles. The second-order valence-corrected chi connectivity index (χ2v) is 7.28. The van der Waals surface area contributed by atoms with Gasteiger partial charge in [-0.1, -0.05) is 30.3 Å². The topological polar surface area (TPSA) is 73.6 Å². The molecule has 1 aromatic heterocycles. The van der Waals surface area contributed by atoms with Gasteiger partial charge in [0, 0.05) is 18.9 Å². The van der Waals surface area contributed by atoms with Crippen LogP contribution in [-0.4, -0.2) is 33.8 Å². The average Bonchev–Trinajstić information content (AvgIpc) is 3.18. The minimum absolute atomic E-state index is 0.0114. The number of rotatable bonds is 8. The highest BCUT2D eigenvalue weighted by atomic mass is 79.9. The minimum Gasteiger partial charge on any atom is -0.503 e. The van der Waals surface area contributed by atoms with Crippen LogP contribution in [0.25, 0.3) is 11.6 Å². The van der Waals surface area contributed by atoms with Gasteiger partial charge in [0.2, 0.25) is 0 Å². The lowest BCUT2D eigenvalue weighted by Crippen LogP contribution is -2.12. The van der Waals surface area contributed by atoms with E-state index in [1.165, 1.54) is 0 Å². The normalized spacial score (nSPS) is 11.4. The number of aromatic nitrogens is 2. The SMILES string of the molecule is CCOC(=O)/C(=C/c1cc(Br)c(O)c(OCC)c1)c1nccn1Cc1ccccc1. The van der Waals surface area contributed by atoms with E-state index in [-0.39, 0.29) is 12.4 Å². The molecule has 0 amide bonds. The fourth-order valence-corrected chi connectivity index (χ4v) is 3.45. The van der Waals surface area contributed by atoms with Crippen molar-refractivity contribution in [3.63, 3.8) is 0 Å². The number of phenols is 1. The van der Waals surface area contributed by atoms with E-state index in [1.807, 2.05) is 48.0 Å². The molecule has 30 heavy (non-hydrogen) atoms. The molecule has 6 nitrogen and oxygen atoms in total. The lowest BCUT2D eigenvalue weighted by Gasteiger charge is -2.12. The Morgan fingerprint density at radius 2 is 1.97 bits per heavy atom. The highest BCUT2D eigenvalue weighted by Gasteiger charge is 2.20. The summed E-state index contributed by atoms with van der Waals surface area (Å²) in [6.07, 6.45) is 5.17. The molecule has 7 heteroatoms. The molecule has 0 aliphatic heterocycles. The van der Waals surface area contributed by atoms with Gasteiger partial charge < -0.3 is 19.1 Å². The number of imidazole rings is 1. The number of nitrogens with zero attached hydrogens (tertiary/aromatic N) is 2. The standard InChI is InChI=1S/C23H23BrN2O4/c1-3-29-20-14-17(13-19(24)21(20)27)12-18(23(28)30-4-2)22-25-10-11-26(22)15-16-8-6-5-7-9-16/h5-14,27H,3-4,15H2,1-2H3/b18-12+. The number of hydrogen-bond acceptors (Lipinski definition) is 5. The fourth-order valence-electron chi connectivity index (χ4n) is 2.99. The fraction of sp³-hybridized carbons (Fsp3) is 0.217. The van der Waals surface area contributed by atoms with E-state index in [0.717, 1.165) is 5.56 Å². The predicted molar refractivity (Wildman–Crippen MR) is 119 cm³/mol. The average molecular weight is 471 g/mol. The summed E-state index contributed by atoms with van der Waals surface area (Å²) in [5.74, 6) is 0.367. The zero-order chi connectivity index (χ0) is 21.5. The first-order valence-electron chi connectivity index (χ1n) is 9.63. The summed E-state index contributed by atoms with van der Waals surface area (Å²) in [6.45, 7) is 4.81. The quantitative estimate of drug-likeness (QED) is 0.374. The van der Waals surface area contributed by atoms with Gasteiger partial charge in [0.25, 0.3) is 0 Å². The smallest absolute Gasteiger partial charge is 0.341 e. The molecule has 1 N–H and O–H groups in total. The van der Waals surface area contributed by atoms with E-state index >= 15 is 0 Å². The van der Waals surface area contributed by atoms with Gasteiger partial charge in [-0.05, 0) is 59.1 Å². The van der Waals surface area contributed by atoms with Gasteiger partial charge in [0.15, 0.2) is 11.5 Å². The van der Waals surface area contributed by atoms with Crippen LogP contribution in [0.4, 0.5) is 0 Å². The summed E-state index contributed by atoms with van der Waals surface area (Å²) >= 11 is 3.34. The zero-order valence-electron chi connectivity index (χ0n) is 16.8. The molecule has 2 aromatic carbocycles. The number of hydrogen-bond donors (Lipinski definition) is 1. The maximum atomic E-state index is 12.8. The molecule has 0 atom stereocenters. The van der Waals surface area contributed by atoms with Crippen molar-refractivity contribution in [3.05, 3.63) is 76.3 Å². The number of benzene rings is 2. The van der Waals surface area contributed by atoms with Gasteiger partial charge in [-0.25, -0.2) is 9.78 Å². The van der Waals surface area contributed by atoms with Gasteiger partial charge in [0.1, 0.15) is 11.4 Å². The van der Waals surface area contributed by atoms with Crippen LogP contribution in [0.3, 0.4) is 0 Å². The third kappa shape index (κ3) is 5.10. The van der Waals surface area contributed by atoms with Crippen molar-refractivity contribution in [2.24, 2.45) is 0 Å². The molecule has 0 unspecified atom stereocenters. The van der Waals surface area contributed by atoms with E-state index in [9.17, 15) is 9.90 Å². The van der Waals surface area contributed by atoms with Crippen LogP contribution in [0.5, 0.6) is 11.5 Å². The summed E-state index contributed by atoms with van der Waals surface area (Å²) < 4.78 is 13.1. The van der Waals surface area contributed by atoms with E-state index < -0.39 is 5.97 Å². The number of esters is 1. The molecule has 3 aromatic rings. The Hall–Kier alpha value is -3.06. The van der Waals surface area contributed by atoms with Crippen molar-refractivity contribution in [3.8, 4) is 11.5 Å². The minimum atomic E-state index is -0.472. The first-order valence-corrected chi connectivity index (χ1v) is 10.4. The van der Waals surface area contributed by atoms with E-state index in [4.69, 9.17) is 9.47 Å². The Balaban J connectivity index is 2.05. The Morgan fingerprint density at radius 3 is 2.67 bits per heavy atom. The van der Waals surface area contributed by atoms with Crippen LogP contribution in [0.2, 0.25) is 0 Å². The van der Waals surface area contributed by atoms with Gasteiger partial charge in [0.05, 0.1) is 17.7 Å². The van der Waals surface area contributed by atoms with Crippen LogP contribution >= 0.6 is 15.9 Å². The molecule has 0 saturated heterocycles. The highest BCUT2D eigenvalue weighted by molar-refractivity contribution is 9.10. The van der Waals surface area contributed by atoms with Gasteiger partial charge in [-0.2, -0.15) is 0 Å². The zero-order valence-corrected chi connectivity index (χ0v) is 18.4. The van der Waals surface area contributed by atoms with Gasteiger partial charge in [-0.15, -0.1) is 0 Å². The summed E-state index contributed by atoms with van der Waals surface area (Å²) in [4.78, 5) is 17.2. The van der Waals surface area contributed by atoms with Gasteiger partial charge in [-0.3, -0.25) is 0 Å². The summed E-state index contributed by atoms with van der Waals surface area (Å²) in [7, 11) is 0. The van der Waals surface area contributed by atoms with Crippen molar-refractivity contribution in [1.82, 2.24) is 9.55 Å². The monoisotopic (exact) mass is 470 g/mol. The summed E-state index contributed by atoms with van der Waals surface area (Å²) in [5.41, 5.74) is 2.07. The van der Waals surface area contributed by atoms with Crippen LogP contribution in [-0.2, 0) is 16.1 Å². The molecule has 1 heterocycles. The maximum absolute atomic E-state index is 12.8. The summed E-state index contributed by atoms with van der Waals surface area (Å²) in [5, 5.41) is 10.2. The Morgan fingerprint density at radius 1 is 1.20 bits per heavy atom. The molecule has 0 fully saturated rings. The van der Waals surface area contributed by atoms with E-state index in [1.54, 1.807) is 31.3 Å². The number of phenolic OH excluding ortho intramolecular Hbond substituents is 1. The van der Waals surface area contributed by atoms with Crippen LogP contribution in [0.15, 0.2) is 59.3 Å². The number of aromatic hydroxyl groups is 1. The number of carbonyl (C=O) groups is 1. The van der Waals surface area contributed by atoms with Crippen LogP contribution in [0, 0.1) is 0 Å². The largest absolute Gasteiger partial charge is 0.503 e. The number of carbonyl (C=O) groups excluding carboxylic acids is 1. The Kier molecular flexibility index (Phi) is 7.30. The van der Waals surface area contributed by atoms with Crippen molar-refractivity contribution in [2.45, 2.75) is 20.4 Å². The Bertz CT molecular complexity index is 1040. The highest BCUT2D eigenvalue weighted by Crippen LogP contribution is 2.36.